The van der Waals surface area contributed by atoms with E-state index in [4.69, 9.17) is 26.8 Å². The van der Waals surface area contributed by atoms with Crippen molar-refractivity contribution in [2.24, 2.45) is 0 Å². The van der Waals surface area contributed by atoms with Crippen LogP contribution in [0.3, 0.4) is 0 Å². The Hall–Kier alpha value is -0.810. The van der Waals surface area contributed by atoms with Crippen molar-refractivity contribution in [2.45, 2.75) is 20.4 Å². The number of hydrogen-bond donors (Lipinski definition) is 1. The monoisotopic (exact) mass is 300 g/mol. The van der Waals surface area contributed by atoms with Crippen molar-refractivity contribution in [1.29, 1.82) is 0 Å². The van der Waals surface area contributed by atoms with Gasteiger partial charge in [0.1, 0.15) is 0 Å². The Morgan fingerprint density at radius 3 is 2.20 bits per heavy atom. The van der Waals surface area contributed by atoms with E-state index in [-0.39, 0.29) is 0 Å². The molecule has 0 spiro atoms. The predicted octanol–water partition coefficient (Wildman–Crippen LogP) is 2.80. The normalized spacial score (nSPS) is 11.2. The van der Waals surface area contributed by atoms with E-state index in [2.05, 4.69) is 4.90 Å². The summed E-state index contributed by atoms with van der Waals surface area (Å²) < 4.78 is 10.8. The first kappa shape index (κ1) is 17.2. The van der Waals surface area contributed by atoms with E-state index in [9.17, 15) is 0 Å². The molecule has 0 radical (unpaired) electrons. The molecule has 0 fully saturated rings. The van der Waals surface area contributed by atoms with Crippen molar-refractivity contribution in [3.63, 3.8) is 0 Å². The summed E-state index contributed by atoms with van der Waals surface area (Å²) >= 11 is 6.06. The summed E-state index contributed by atoms with van der Waals surface area (Å²) in [5.41, 5.74) is 7.50. The van der Waals surface area contributed by atoms with E-state index in [1.807, 2.05) is 32.0 Å². The summed E-state index contributed by atoms with van der Waals surface area (Å²) in [5.74, 6) is 0. The fourth-order valence-electron chi connectivity index (χ4n) is 1.87. The van der Waals surface area contributed by atoms with E-state index in [0.717, 1.165) is 51.6 Å². The van der Waals surface area contributed by atoms with Crippen LogP contribution in [0.15, 0.2) is 18.2 Å². The van der Waals surface area contributed by atoms with E-state index < -0.39 is 0 Å². The first-order chi connectivity index (χ1) is 9.67. The first-order valence-corrected chi connectivity index (χ1v) is 7.46. The highest BCUT2D eigenvalue weighted by Gasteiger charge is 2.07. The van der Waals surface area contributed by atoms with Crippen LogP contribution in [0, 0.1) is 0 Å². The number of anilines is 1. The molecule has 1 aromatic rings. The number of benzene rings is 1. The molecule has 1 aromatic carbocycles. The zero-order valence-corrected chi connectivity index (χ0v) is 13.2. The van der Waals surface area contributed by atoms with Crippen molar-refractivity contribution in [3.8, 4) is 0 Å². The third-order valence-corrected chi connectivity index (χ3v) is 3.31. The number of nitrogen functional groups attached to an aromatic ring is 1. The fourth-order valence-corrected chi connectivity index (χ4v) is 2.08. The minimum Gasteiger partial charge on any atom is -0.398 e. The van der Waals surface area contributed by atoms with Crippen LogP contribution in [0.1, 0.15) is 19.4 Å². The number of nitrogens with two attached hydrogens (primary N) is 1. The molecular weight excluding hydrogens is 276 g/mol. The lowest BCUT2D eigenvalue weighted by molar-refractivity contribution is 0.0798. The minimum absolute atomic E-state index is 0.608. The van der Waals surface area contributed by atoms with Crippen LogP contribution in [-0.2, 0) is 16.0 Å². The van der Waals surface area contributed by atoms with Gasteiger partial charge in [0.15, 0.2) is 0 Å². The van der Waals surface area contributed by atoms with Crippen LogP contribution in [0.25, 0.3) is 0 Å². The number of halogens is 1. The van der Waals surface area contributed by atoms with Crippen LogP contribution in [0.4, 0.5) is 5.69 Å². The molecule has 4 nitrogen and oxygen atoms in total. The molecule has 0 bridgehead atoms. The molecule has 0 heterocycles. The van der Waals surface area contributed by atoms with Crippen molar-refractivity contribution < 1.29 is 9.47 Å². The molecule has 0 unspecified atom stereocenters. The molecule has 0 atom stereocenters. The summed E-state index contributed by atoms with van der Waals surface area (Å²) in [5, 5.41) is 0.608. The Kier molecular flexibility index (Phi) is 8.62. The smallest absolute Gasteiger partial charge is 0.0638 e. The van der Waals surface area contributed by atoms with Gasteiger partial charge in [0.05, 0.1) is 23.9 Å². The molecular formula is C15H25ClN2O2. The summed E-state index contributed by atoms with van der Waals surface area (Å²) in [6, 6.07) is 5.78. The van der Waals surface area contributed by atoms with Crippen molar-refractivity contribution in [1.82, 2.24) is 4.90 Å². The Bertz CT molecular complexity index is 378. The number of ether oxygens (including phenoxy) is 2. The number of hydrogen-bond acceptors (Lipinski definition) is 4. The minimum atomic E-state index is 0.608. The number of rotatable bonds is 10. The van der Waals surface area contributed by atoms with Crippen molar-refractivity contribution in [2.75, 3.05) is 45.3 Å². The van der Waals surface area contributed by atoms with Crippen molar-refractivity contribution in [3.05, 3.63) is 28.8 Å². The van der Waals surface area contributed by atoms with Gasteiger partial charge in [-0.3, -0.25) is 4.90 Å². The quantitative estimate of drug-likeness (QED) is 0.533. The topological polar surface area (TPSA) is 47.7 Å². The molecule has 0 saturated carbocycles. The molecule has 5 heteroatoms. The third kappa shape index (κ3) is 6.57. The van der Waals surface area contributed by atoms with Crippen LogP contribution in [0.5, 0.6) is 0 Å². The Balaban J connectivity index is 2.54. The molecule has 0 aromatic heterocycles. The second-order valence-electron chi connectivity index (χ2n) is 4.53. The molecule has 20 heavy (non-hydrogen) atoms. The second-order valence-corrected chi connectivity index (χ2v) is 4.93. The summed E-state index contributed by atoms with van der Waals surface area (Å²) in [6.45, 7) is 9.52. The lowest BCUT2D eigenvalue weighted by atomic mass is 10.2. The van der Waals surface area contributed by atoms with Gasteiger partial charge in [-0.15, -0.1) is 0 Å². The van der Waals surface area contributed by atoms with Gasteiger partial charge in [0.2, 0.25) is 0 Å². The predicted molar refractivity (Wildman–Crippen MR) is 84.1 cm³/mol. The zero-order valence-electron chi connectivity index (χ0n) is 12.4. The van der Waals surface area contributed by atoms with Crippen LogP contribution < -0.4 is 5.73 Å². The number of nitrogens with zero attached hydrogens (tertiary/aromatic N) is 1. The molecule has 2 N–H and O–H groups in total. The molecule has 0 saturated heterocycles. The second kappa shape index (κ2) is 10.00. The Labute approximate surface area is 126 Å². The van der Waals surface area contributed by atoms with Gasteiger partial charge in [-0.05, 0) is 31.5 Å². The van der Waals surface area contributed by atoms with Crippen LogP contribution >= 0.6 is 11.6 Å². The lowest BCUT2D eigenvalue weighted by Crippen LogP contribution is -2.30. The largest absolute Gasteiger partial charge is 0.398 e. The van der Waals surface area contributed by atoms with Gasteiger partial charge in [-0.25, -0.2) is 0 Å². The molecule has 114 valence electrons. The molecule has 0 aliphatic carbocycles. The lowest BCUT2D eigenvalue weighted by Gasteiger charge is -2.22. The maximum atomic E-state index is 6.06. The average molecular weight is 301 g/mol. The Morgan fingerprint density at radius 2 is 1.70 bits per heavy atom. The Morgan fingerprint density at radius 1 is 1.10 bits per heavy atom. The zero-order chi connectivity index (χ0) is 14.8. The molecule has 1 rings (SSSR count). The highest BCUT2D eigenvalue weighted by Crippen LogP contribution is 2.20. The van der Waals surface area contributed by atoms with Gasteiger partial charge in [-0.1, -0.05) is 17.7 Å². The van der Waals surface area contributed by atoms with E-state index in [1.165, 1.54) is 0 Å². The molecule has 0 aliphatic heterocycles. The maximum Gasteiger partial charge on any atom is 0.0638 e. The highest BCUT2D eigenvalue weighted by molar-refractivity contribution is 6.33. The fraction of sp³-hybridized carbons (Fsp3) is 0.600. The van der Waals surface area contributed by atoms with Gasteiger partial charge in [0.25, 0.3) is 0 Å². The SMILES string of the molecule is CCOCCN(CCOCC)Cc1ccc(N)c(Cl)c1. The first-order valence-electron chi connectivity index (χ1n) is 7.09. The standard InChI is InChI=1S/C15H25ClN2O2/c1-3-19-9-7-18(8-10-20-4-2)12-13-5-6-15(17)14(16)11-13/h5-6,11H,3-4,7-10,12,17H2,1-2H3. The summed E-state index contributed by atoms with van der Waals surface area (Å²) in [7, 11) is 0. The van der Waals surface area contributed by atoms with Crippen molar-refractivity contribution >= 4 is 17.3 Å². The van der Waals surface area contributed by atoms with Crippen LogP contribution in [0.2, 0.25) is 5.02 Å². The third-order valence-electron chi connectivity index (χ3n) is 2.98. The maximum absolute atomic E-state index is 6.06. The van der Waals surface area contributed by atoms with E-state index in [0.29, 0.717) is 10.7 Å². The van der Waals surface area contributed by atoms with Crippen LogP contribution in [-0.4, -0.2) is 44.4 Å². The van der Waals surface area contributed by atoms with E-state index >= 15 is 0 Å². The highest BCUT2D eigenvalue weighted by atomic mass is 35.5. The van der Waals surface area contributed by atoms with Gasteiger partial charge < -0.3 is 15.2 Å². The summed E-state index contributed by atoms with van der Waals surface area (Å²) in [4.78, 5) is 2.30. The van der Waals surface area contributed by atoms with Gasteiger partial charge >= 0.3 is 0 Å². The van der Waals surface area contributed by atoms with Gasteiger partial charge in [-0.2, -0.15) is 0 Å². The molecule has 0 amide bonds. The molecule has 0 aliphatic rings. The average Bonchev–Trinajstić information content (AvgIpc) is 2.43. The summed E-state index contributed by atoms with van der Waals surface area (Å²) in [6.07, 6.45) is 0. The van der Waals surface area contributed by atoms with Gasteiger partial charge in [0, 0.05) is 32.8 Å². The van der Waals surface area contributed by atoms with E-state index in [1.54, 1.807) is 0 Å².